The molecule has 1 saturated heterocycles. The molecule has 9 heteroatoms. The maximum atomic E-state index is 12.8. The van der Waals surface area contributed by atoms with E-state index in [4.69, 9.17) is 0 Å². The number of aromatic nitrogens is 2. The van der Waals surface area contributed by atoms with Crippen molar-refractivity contribution in [3.05, 3.63) is 53.3 Å². The van der Waals surface area contributed by atoms with Gasteiger partial charge in [-0.25, -0.2) is 18.4 Å². The van der Waals surface area contributed by atoms with Crippen molar-refractivity contribution in [1.29, 1.82) is 0 Å². The van der Waals surface area contributed by atoms with Crippen molar-refractivity contribution >= 4 is 21.7 Å². The van der Waals surface area contributed by atoms with Gasteiger partial charge in [0.05, 0.1) is 23.2 Å². The summed E-state index contributed by atoms with van der Waals surface area (Å²) >= 11 is 0. The van der Waals surface area contributed by atoms with E-state index >= 15 is 0 Å². The van der Waals surface area contributed by atoms with Gasteiger partial charge in [0, 0.05) is 51.4 Å². The van der Waals surface area contributed by atoms with E-state index in [1.165, 1.54) is 4.90 Å². The number of nitrogens with one attached hydrogen (secondary N) is 1. The third-order valence-electron chi connectivity index (χ3n) is 5.56. The average molecular weight is 416 g/mol. The molecule has 3 heterocycles. The summed E-state index contributed by atoms with van der Waals surface area (Å²) in [5.41, 5.74) is 2.57. The lowest BCUT2D eigenvalue weighted by Crippen LogP contribution is -2.37. The average Bonchev–Trinajstić information content (AvgIpc) is 3.12. The highest BCUT2D eigenvalue weighted by Crippen LogP contribution is 2.39. The normalized spacial score (nSPS) is 22.6. The molecule has 1 amide bonds. The first-order valence-electron chi connectivity index (χ1n) is 9.61. The Balaban J connectivity index is 1.56. The topological polar surface area (TPSA) is 95.5 Å². The van der Waals surface area contributed by atoms with Crippen molar-refractivity contribution in [2.75, 3.05) is 39.0 Å². The van der Waals surface area contributed by atoms with Crippen molar-refractivity contribution < 1.29 is 13.2 Å². The van der Waals surface area contributed by atoms with Crippen molar-refractivity contribution in [3.8, 4) is 0 Å². The number of fused-ring (bicyclic) bond motifs is 3. The molecule has 2 atom stereocenters. The second-order valence-corrected chi connectivity index (χ2v) is 10.1. The van der Waals surface area contributed by atoms with E-state index in [1.54, 1.807) is 20.3 Å². The van der Waals surface area contributed by atoms with Crippen LogP contribution in [0, 0.1) is 0 Å². The number of carbonyl (C=O) groups is 1. The molecule has 1 aromatic heterocycles. The van der Waals surface area contributed by atoms with Gasteiger partial charge in [0.1, 0.15) is 0 Å². The zero-order chi connectivity index (χ0) is 20.6. The number of carbonyl (C=O) groups excluding carboxylic acids is 1. The highest BCUT2D eigenvalue weighted by atomic mass is 32.2. The summed E-state index contributed by atoms with van der Waals surface area (Å²) in [6, 6.07) is 9.95. The fraction of sp³-hybridized carbons (Fsp3) is 0.450. The van der Waals surface area contributed by atoms with Gasteiger partial charge < -0.3 is 10.2 Å². The molecule has 1 aromatic carbocycles. The van der Waals surface area contributed by atoms with Crippen LogP contribution in [0.25, 0.3) is 0 Å². The zero-order valence-electron chi connectivity index (χ0n) is 16.6. The van der Waals surface area contributed by atoms with Crippen molar-refractivity contribution in [1.82, 2.24) is 19.8 Å². The molecule has 0 spiro atoms. The van der Waals surface area contributed by atoms with Gasteiger partial charge in [0.2, 0.25) is 11.9 Å². The van der Waals surface area contributed by atoms with Crippen LogP contribution < -0.4 is 5.32 Å². The lowest BCUT2D eigenvalue weighted by Gasteiger charge is -2.26. The van der Waals surface area contributed by atoms with E-state index in [2.05, 4.69) is 15.3 Å². The largest absolute Gasteiger partial charge is 0.350 e. The van der Waals surface area contributed by atoms with E-state index in [9.17, 15) is 13.2 Å². The third kappa shape index (κ3) is 4.11. The maximum absolute atomic E-state index is 12.8. The first kappa shape index (κ1) is 19.8. The number of hydrogen-bond acceptors (Lipinski definition) is 7. The Labute approximate surface area is 170 Å². The zero-order valence-corrected chi connectivity index (χ0v) is 17.4. The minimum absolute atomic E-state index is 0.0332. The summed E-state index contributed by atoms with van der Waals surface area (Å²) in [4.78, 5) is 24.5. The molecule has 29 heavy (non-hydrogen) atoms. The molecule has 0 bridgehead atoms. The molecule has 2 aromatic rings. The van der Waals surface area contributed by atoms with Gasteiger partial charge in [0.15, 0.2) is 9.84 Å². The maximum Gasteiger partial charge on any atom is 0.236 e. The number of sulfone groups is 1. The molecule has 0 saturated carbocycles. The lowest BCUT2D eigenvalue weighted by atomic mass is 10.00. The Bertz CT molecular complexity index is 1010. The summed E-state index contributed by atoms with van der Waals surface area (Å²) in [6.45, 7) is 1.68. The van der Waals surface area contributed by atoms with Crippen LogP contribution in [-0.2, 0) is 26.9 Å². The van der Waals surface area contributed by atoms with Gasteiger partial charge in [0.25, 0.3) is 0 Å². The molecule has 1 N–H and O–H groups in total. The van der Waals surface area contributed by atoms with Crippen LogP contribution in [-0.4, -0.2) is 73.1 Å². The molecule has 4 rings (SSSR count). The molecule has 0 radical (unpaired) electrons. The van der Waals surface area contributed by atoms with Gasteiger partial charge in [-0.3, -0.25) is 9.69 Å². The van der Waals surface area contributed by atoms with Crippen molar-refractivity contribution in [2.45, 2.75) is 23.5 Å². The number of likely N-dealkylation sites (N-methyl/N-ethyl adjacent to an activating group) is 1. The van der Waals surface area contributed by atoms with Crippen LogP contribution in [0.2, 0.25) is 0 Å². The highest BCUT2D eigenvalue weighted by Gasteiger charge is 2.47. The Morgan fingerprint density at radius 1 is 1.24 bits per heavy atom. The quantitative estimate of drug-likeness (QED) is 0.774. The minimum atomic E-state index is -3.30. The Morgan fingerprint density at radius 2 is 2.00 bits per heavy atom. The Morgan fingerprint density at radius 3 is 2.72 bits per heavy atom. The minimum Gasteiger partial charge on any atom is -0.350 e. The summed E-state index contributed by atoms with van der Waals surface area (Å²) in [5, 5.41) is 2.70. The van der Waals surface area contributed by atoms with E-state index in [-0.39, 0.29) is 24.1 Å². The summed E-state index contributed by atoms with van der Waals surface area (Å²) in [7, 11) is 0.110. The van der Waals surface area contributed by atoms with Crippen molar-refractivity contribution in [3.63, 3.8) is 0 Å². The van der Waals surface area contributed by atoms with Gasteiger partial charge in [-0.05, 0) is 5.56 Å². The van der Waals surface area contributed by atoms with Crippen LogP contribution in [0.15, 0.2) is 36.5 Å². The smallest absolute Gasteiger partial charge is 0.236 e. The second kappa shape index (κ2) is 7.72. The predicted molar refractivity (Wildman–Crippen MR) is 110 cm³/mol. The molecular weight excluding hydrogens is 390 g/mol. The molecule has 2 aliphatic heterocycles. The highest BCUT2D eigenvalue weighted by molar-refractivity contribution is 7.91. The van der Waals surface area contributed by atoms with E-state index in [0.717, 1.165) is 11.3 Å². The van der Waals surface area contributed by atoms with Crippen molar-refractivity contribution in [2.24, 2.45) is 0 Å². The van der Waals surface area contributed by atoms with E-state index < -0.39 is 15.1 Å². The molecule has 0 unspecified atom stereocenters. The van der Waals surface area contributed by atoms with Crippen LogP contribution in [0.4, 0.5) is 5.95 Å². The van der Waals surface area contributed by atoms with Crippen LogP contribution in [0.1, 0.15) is 22.7 Å². The molecular formula is C20H25N5O3S. The van der Waals surface area contributed by atoms with Gasteiger partial charge in [-0.1, -0.05) is 30.3 Å². The lowest BCUT2D eigenvalue weighted by molar-refractivity contribution is -0.129. The summed E-state index contributed by atoms with van der Waals surface area (Å²) < 4.78 is 25.6. The van der Waals surface area contributed by atoms with Gasteiger partial charge in [-0.2, -0.15) is 0 Å². The number of hydrogen-bond donors (Lipinski definition) is 1. The first-order chi connectivity index (χ1) is 13.8. The first-order valence-corrected chi connectivity index (χ1v) is 11.3. The Kier molecular flexibility index (Phi) is 5.26. The molecule has 154 valence electrons. The number of nitrogens with zero attached hydrogens (tertiary/aromatic N) is 4. The fourth-order valence-electron chi connectivity index (χ4n) is 3.98. The van der Waals surface area contributed by atoms with E-state index in [1.807, 2.05) is 35.2 Å². The number of rotatable bonds is 5. The summed E-state index contributed by atoms with van der Waals surface area (Å²) in [5.74, 6) is 0.180. The standard InChI is InChI=1S/C20H25N5O3S/c1-24(2)18(26)12-25-10-16-17(11-25)29(27,28)13-15-9-22-20(23-19(15)16)21-8-14-6-4-3-5-7-14/h3-7,9,16-17H,8,10-13H2,1-2H3,(H,21,22,23)/t16-,17+/m0/s1. The SMILES string of the molecule is CN(C)C(=O)CN1C[C@@H]2c3nc(NCc4ccccc4)ncc3CS(=O)(=O)[C@@H]2C1. The monoisotopic (exact) mass is 415 g/mol. The molecule has 2 aliphatic rings. The second-order valence-electron chi connectivity index (χ2n) is 7.88. The predicted octanol–water partition coefficient (Wildman–Crippen LogP) is 0.873. The van der Waals surface area contributed by atoms with Crippen LogP contribution >= 0.6 is 0 Å². The molecule has 8 nitrogen and oxygen atoms in total. The third-order valence-corrected chi connectivity index (χ3v) is 7.67. The number of amides is 1. The number of likely N-dealkylation sites (tertiary alicyclic amines) is 1. The van der Waals surface area contributed by atoms with E-state index in [0.29, 0.717) is 31.1 Å². The molecule has 0 aliphatic carbocycles. The number of benzene rings is 1. The van der Waals surface area contributed by atoms with Crippen LogP contribution in [0.3, 0.4) is 0 Å². The Hall–Kier alpha value is -2.52. The van der Waals surface area contributed by atoms with Gasteiger partial charge >= 0.3 is 0 Å². The van der Waals surface area contributed by atoms with Gasteiger partial charge in [-0.15, -0.1) is 0 Å². The van der Waals surface area contributed by atoms with Crippen LogP contribution in [0.5, 0.6) is 0 Å². The molecule has 1 fully saturated rings. The summed E-state index contributed by atoms with van der Waals surface area (Å²) in [6.07, 6.45) is 1.62. The number of anilines is 1. The fourth-order valence-corrected chi connectivity index (χ4v) is 6.00.